The molecule has 0 bridgehead atoms. The predicted molar refractivity (Wildman–Crippen MR) is 77.4 cm³/mol. The van der Waals surface area contributed by atoms with Crippen LogP contribution in [0.4, 0.5) is 8.78 Å². The minimum Gasteiger partial charge on any atom is -0.306 e. The fourth-order valence-corrected chi connectivity index (χ4v) is 2.19. The third-order valence-electron chi connectivity index (χ3n) is 3.42. The van der Waals surface area contributed by atoms with Gasteiger partial charge in [0.25, 0.3) is 0 Å². The summed E-state index contributed by atoms with van der Waals surface area (Å²) in [5, 5.41) is 3.38. The van der Waals surface area contributed by atoms with E-state index in [4.69, 9.17) is 0 Å². The number of hydrogen-bond acceptors (Lipinski definition) is 1. The smallest absolute Gasteiger partial charge is 0.159 e. The molecule has 0 radical (unpaired) electrons. The van der Waals surface area contributed by atoms with Crippen molar-refractivity contribution in [3.8, 4) is 0 Å². The Kier molecular flexibility index (Phi) is 4.85. The average Bonchev–Trinajstić information content (AvgIpc) is 2.45. The van der Waals surface area contributed by atoms with Crippen LogP contribution in [-0.4, -0.2) is 0 Å². The van der Waals surface area contributed by atoms with Gasteiger partial charge in [0, 0.05) is 12.6 Å². The third-order valence-corrected chi connectivity index (χ3v) is 3.42. The summed E-state index contributed by atoms with van der Waals surface area (Å²) >= 11 is 0. The monoisotopic (exact) mass is 275 g/mol. The van der Waals surface area contributed by atoms with Gasteiger partial charge in [-0.15, -0.1) is 0 Å². The largest absolute Gasteiger partial charge is 0.306 e. The fourth-order valence-electron chi connectivity index (χ4n) is 2.19. The van der Waals surface area contributed by atoms with Gasteiger partial charge in [-0.1, -0.05) is 42.8 Å². The molecule has 0 amide bonds. The van der Waals surface area contributed by atoms with Crippen molar-refractivity contribution in [1.29, 1.82) is 0 Å². The molecule has 3 heteroatoms. The third kappa shape index (κ3) is 3.64. The Labute approximate surface area is 118 Å². The molecule has 1 N–H and O–H groups in total. The van der Waals surface area contributed by atoms with Gasteiger partial charge in [-0.05, 0) is 36.6 Å². The SMILES string of the molecule is CCC(NCc1ccc(F)c(F)c1)c1ccc(C)cc1. The molecule has 0 spiro atoms. The second-order valence-corrected chi connectivity index (χ2v) is 5.00. The summed E-state index contributed by atoms with van der Waals surface area (Å²) < 4.78 is 26.0. The van der Waals surface area contributed by atoms with Gasteiger partial charge < -0.3 is 5.32 Å². The Bertz CT molecular complexity index is 564. The van der Waals surface area contributed by atoms with Gasteiger partial charge in [-0.25, -0.2) is 8.78 Å². The highest BCUT2D eigenvalue weighted by atomic mass is 19.2. The van der Waals surface area contributed by atoms with E-state index >= 15 is 0 Å². The molecule has 0 aromatic heterocycles. The van der Waals surface area contributed by atoms with Gasteiger partial charge in [0.15, 0.2) is 11.6 Å². The van der Waals surface area contributed by atoms with Crippen LogP contribution in [0.2, 0.25) is 0 Å². The normalized spacial score (nSPS) is 12.4. The van der Waals surface area contributed by atoms with Gasteiger partial charge in [0.1, 0.15) is 0 Å². The van der Waals surface area contributed by atoms with Gasteiger partial charge in [0.2, 0.25) is 0 Å². The molecule has 2 aromatic carbocycles. The summed E-state index contributed by atoms with van der Waals surface area (Å²) in [5.74, 6) is -1.60. The highest BCUT2D eigenvalue weighted by Gasteiger charge is 2.09. The molecular weight excluding hydrogens is 256 g/mol. The molecule has 0 saturated carbocycles. The van der Waals surface area contributed by atoms with E-state index in [0.717, 1.165) is 12.0 Å². The number of aryl methyl sites for hydroxylation is 1. The first-order valence-electron chi connectivity index (χ1n) is 6.84. The molecule has 2 aromatic rings. The zero-order valence-electron chi connectivity index (χ0n) is 11.8. The van der Waals surface area contributed by atoms with E-state index in [2.05, 4.69) is 43.4 Å². The van der Waals surface area contributed by atoms with Crippen molar-refractivity contribution in [1.82, 2.24) is 5.32 Å². The van der Waals surface area contributed by atoms with E-state index in [9.17, 15) is 8.78 Å². The maximum Gasteiger partial charge on any atom is 0.159 e. The summed E-state index contributed by atoms with van der Waals surface area (Å²) in [5.41, 5.74) is 3.18. The Hall–Kier alpha value is -1.74. The zero-order valence-corrected chi connectivity index (χ0v) is 11.8. The van der Waals surface area contributed by atoms with Crippen molar-refractivity contribution in [2.45, 2.75) is 32.9 Å². The topological polar surface area (TPSA) is 12.0 Å². The maximum absolute atomic E-state index is 13.2. The highest BCUT2D eigenvalue weighted by molar-refractivity contribution is 5.24. The van der Waals surface area contributed by atoms with E-state index in [-0.39, 0.29) is 6.04 Å². The number of benzene rings is 2. The minimum atomic E-state index is -0.806. The lowest BCUT2D eigenvalue weighted by molar-refractivity contribution is 0.497. The van der Waals surface area contributed by atoms with Crippen LogP contribution in [0.15, 0.2) is 42.5 Å². The Morgan fingerprint density at radius 3 is 2.30 bits per heavy atom. The number of rotatable bonds is 5. The van der Waals surface area contributed by atoms with E-state index in [1.807, 2.05) is 0 Å². The first-order chi connectivity index (χ1) is 9.60. The summed E-state index contributed by atoms with van der Waals surface area (Å²) in [6.45, 7) is 4.67. The zero-order chi connectivity index (χ0) is 14.5. The molecular formula is C17H19F2N. The quantitative estimate of drug-likeness (QED) is 0.846. The Balaban J connectivity index is 2.03. The first kappa shape index (κ1) is 14.7. The molecule has 106 valence electrons. The Morgan fingerprint density at radius 1 is 1.00 bits per heavy atom. The van der Waals surface area contributed by atoms with E-state index in [0.29, 0.717) is 6.54 Å². The fraction of sp³-hybridized carbons (Fsp3) is 0.294. The van der Waals surface area contributed by atoms with Crippen molar-refractivity contribution in [3.63, 3.8) is 0 Å². The van der Waals surface area contributed by atoms with Crippen molar-refractivity contribution in [2.75, 3.05) is 0 Å². The van der Waals surface area contributed by atoms with Gasteiger partial charge in [-0.3, -0.25) is 0 Å². The summed E-state index contributed by atoms with van der Waals surface area (Å²) in [7, 11) is 0. The molecule has 0 aliphatic rings. The molecule has 0 aliphatic carbocycles. The Morgan fingerprint density at radius 2 is 1.70 bits per heavy atom. The first-order valence-corrected chi connectivity index (χ1v) is 6.84. The second kappa shape index (κ2) is 6.62. The molecule has 2 rings (SSSR count). The van der Waals surface area contributed by atoms with Crippen LogP contribution in [0.25, 0.3) is 0 Å². The van der Waals surface area contributed by atoms with Crippen LogP contribution in [0.3, 0.4) is 0 Å². The molecule has 20 heavy (non-hydrogen) atoms. The standard InChI is InChI=1S/C17H19F2N/c1-3-17(14-7-4-12(2)5-8-14)20-11-13-6-9-15(18)16(19)10-13/h4-10,17,20H,3,11H2,1-2H3. The van der Waals surface area contributed by atoms with E-state index in [1.54, 1.807) is 6.07 Å². The molecule has 0 fully saturated rings. The predicted octanol–water partition coefficient (Wildman–Crippen LogP) is 4.51. The maximum atomic E-state index is 13.2. The van der Waals surface area contributed by atoms with Crippen LogP contribution in [-0.2, 0) is 6.54 Å². The van der Waals surface area contributed by atoms with Crippen LogP contribution in [0.5, 0.6) is 0 Å². The van der Waals surface area contributed by atoms with Gasteiger partial charge in [-0.2, -0.15) is 0 Å². The molecule has 1 nitrogen and oxygen atoms in total. The van der Waals surface area contributed by atoms with Crippen LogP contribution >= 0.6 is 0 Å². The van der Waals surface area contributed by atoms with Crippen LogP contribution in [0, 0.1) is 18.6 Å². The van der Waals surface area contributed by atoms with Crippen molar-refractivity contribution in [2.24, 2.45) is 0 Å². The summed E-state index contributed by atoms with van der Waals surface area (Å²) in [4.78, 5) is 0. The second-order valence-electron chi connectivity index (χ2n) is 5.00. The minimum absolute atomic E-state index is 0.212. The van der Waals surface area contributed by atoms with Gasteiger partial charge >= 0.3 is 0 Å². The van der Waals surface area contributed by atoms with Crippen LogP contribution < -0.4 is 5.32 Å². The lowest BCUT2D eigenvalue weighted by atomic mass is 10.0. The number of nitrogens with one attached hydrogen (secondary N) is 1. The molecule has 1 atom stereocenters. The lowest BCUT2D eigenvalue weighted by Crippen LogP contribution is -2.20. The van der Waals surface area contributed by atoms with E-state index in [1.165, 1.54) is 23.3 Å². The van der Waals surface area contributed by atoms with Crippen molar-refractivity contribution < 1.29 is 8.78 Å². The van der Waals surface area contributed by atoms with Crippen LogP contribution in [0.1, 0.15) is 36.1 Å². The molecule has 0 heterocycles. The molecule has 1 unspecified atom stereocenters. The molecule has 0 saturated heterocycles. The number of halogens is 2. The van der Waals surface area contributed by atoms with Crippen molar-refractivity contribution in [3.05, 3.63) is 70.8 Å². The lowest BCUT2D eigenvalue weighted by Gasteiger charge is -2.18. The number of hydrogen-bond donors (Lipinski definition) is 1. The summed E-state index contributed by atoms with van der Waals surface area (Å²) in [6, 6.07) is 12.6. The summed E-state index contributed by atoms with van der Waals surface area (Å²) in [6.07, 6.45) is 0.937. The van der Waals surface area contributed by atoms with E-state index < -0.39 is 11.6 Å². The van der Waals surface area contributed by atoms with Crippen molar-refractivity contribution >= 4 is 0 Å². The molecule has 0 aliphatic heterocycles. The van der Waals surface area contributed by atoms with Gasteiger partial charge in [0.05, 0.1) is 0 Å². The highest BCUT2D eigenvalue weighted by Crippen LogP contribution is 2.18. The average molecular weight is 275 g/mol.